The molecule has 0 aromatic carbocycles. The number of ether oxygens (including phenoxy) is 15. The van der Waals surface area contributed by atoms with Gasteiger partial charge >= 0.3 is 19.8 Å². The van der Waals surface area contributed by atoms with Gasteiger partial charge in [0.2, 0.25) is 11.8 Å². The molecule has 33 N–H and O–H groups in total. The van der Waals surface area contributed by atoms with Crippen molar-refractivity contribution in [3.05, 3.63) is 0 Å². The Labute approximate surface area is 653 Å². The summed E-state index contributed by atoms with van der Waals surface area (Å²) in [6, 6.07) is -4.07. The van der Waals surface area contributed by atoms with Gasteiger partial charge in [-0.3, -0.25) is 18.6 Å². The topological polar surface area (TPSA) is 879 Å². The van der Waals surface area contributed by atoms with Gasteiger partial charge in [0.1, 0.15) is 195 Å². The third-order valence-electron chi connectivity index (χ3n) is 20.3. The van der Waals surface area contributed by atoms with Crippen LogP contribution in [0.2, 0.25) is 0 Å². The summed E-state index contributed by atoms with van der Waals surface area (Å²) >= 11 is 0. The van der Waals surface area contributed by atoms with E-state index in [0.717, 1.165) is 13.8 Å². The molecule has 8 rings (SSSR count). The number of aliphatic hydroxyl groups excluding tert-OH is 25. The van der Waals surface area contributed by atoms with Crippen LogP contribution in [0.3, 0.4) is 0 Å². The zero-order chi connectivity index (χ0) is 86.4. The lowest BCUT2D eigenvalue weighted by molar-refractivity contribution is -0.416. The van der Waals surface area contributed by atoms with Gasteiger partial charge in [0.05, 0.1) is 77.7 Å². The largest absolute Gasteiger partial charge is 0.477 e. The van der Waals surface area contributed by atoms with Crippen LogP contribution in [0.4, 0.5) is 0 Å². The third kappa shape index (κ3) is 21.6. The zero-order valence-electron chi connectivity index (χ0n) is 61.1. The molecule has 54 nitrogen and oxygen atoms in total. The van der Waals surface area contributed by atoms with Crippen LogP contribution in [0.1, 0.15) is 26.7 Å². The van der Waals surface area contributed by atoms with E-state index in [1.807, 2.05) is 0 Å². The summed E-state index contributed by atoms with van der Waals surface area (Å²) in [6.07, 6.45) is -98.8. The molecule has 8 fully saturated rings. The fourth-order valence-electron chi connectivity index (χ4n) is 14.3. The van der Waals surface area contributed by atoms with E-state index in [4.69, 9.17) is 85.8 Å². The van der Waals surface area contributed by atoms with Gasteiger partial charge in [-0.2, -0.15) is 0 Å². The number of phosphoric ester groups is 1. The van der Waals surface area contributed by atoms with Crippen molar-refractivity contribution in [3.63, 3.8) is 0 Å². The molecule has 1 unspecified atom stereocenters. The number of aliphatic hydroxyl groups is 26. The minimum absolute atomic E-state index is 0.498. The van der Waals surface area contributed by atoms with Crippen LogP contribution in [-0.2, 0) is 104 Å². The van der Waals surface area contributed by atoms with E-state index < -0.39 is 373 Å². The quantitative estimate of drug-likeness (QED) is 0.0259. The predicted molar refractivity (Wildman–Crippen MR) is 352 cm³/mol. The SMILES string of the molecule is CC(=O)N[C@H]1[C@H](O[C@@H]2[C@H](O[C@]3(C(=O)O)C[C@H](O)[C@@H](NC(C)=O)[C@H]([C@H](O)[C@H](O)CO)O3)[C@@H](O)[C@H](O[C@@H]3[C@H](O)[C@@H](O[C@@H]4[C@H](O)[C@@H](O[C@H]5[C@@H]([C@H](O)CO)O[C@@](O)(C(=O)O)C[C@H]5O)O[C@H]([C@H](CO)OP(=O)(O)OCCN)[C@H]4O[C@@H]4O[C@H](CO)[C@@H](O)[C@H](O)[C@H]4O)O[C@H]([C@@H](O)CO)[C@H]3O)O[C@@H]2CO)O[C@H](CO)[C@H](O)[C@@H]1O[C@@H]1O[C@H](CO)[C@H](O)[C@H](O)[C@H]1O. The Bertz CT molecular complexity index is 3170. The highest BCUT2D eigenvalue weighted by Gasteiger charge is 2.65. The number of carbonyl (C=O) groups is 4. The Balaban J connectivity index is 1.27. The molecular formula is C61H104N3O51P. The van der Waals surface area contributed by atoms with Crippen molar-refractivity contribution in [2.45, 2.75) is 290 Å². The third-order valence-corrected chi connectivity index (χ3v) is 21.3. The second-order valence-electron chi connectivity index (χ2n) is 28.4. The van der Waals surface area contributed by atoms with Crippen LogP contribution in [0, 0.1) is 0 Å². The number of carboxylic acids is 2. The number of hydrogen-bond donors (Lipinski definition) is 32. The van der Waals surface area contributed by atoms with Crippen LogP contribution >= 0.6 is 7.82 Å². The molecule has 116 heavy (non-hydrogen) atoms. The minimum atomic E-state index is -5.62. The monoisotopic (exact) mass is 1730 g/mol. The van der Waals surface area contributed by atoms with Crippen molar-refractivity contribution in [1.82, 2.24) is 10.6 Å². The Morgan fingerprint density at radius 1 is 0.448 bits per heavy atom. The van der Waals surface area contributed by atoms with Gasteiger partial charge in [0.15, 0.2) is 37.7 Å². The van der Waals surface area contributed by atoms with Gasteiger partial charge in [-0.05, 0) is 0 Å². The molecular weight excluding hydrogens is 1620 g/mol. The molecule has 0 saturated carbocycles. The molecule has 8 aliphatic heterocycles. The van der Waals surface area contributed by atoms with Crippen molar-refractivity contribution in [3.8, 4) is 0 Å². The van der Waals surface area contributed by atoms with E-state index in [1.165, 1.54) is 0 Å². The van der Waals surface area contributed by atoms with Crippen LogP contribution in [0.5, 0.6) is 0 Å². The number of nitrogens with two attached hydrogens (primary N) is 1. The standard InChI is InChI=1S/C61H104N3O51P/c1-15(73)63-27-17(75)6-61(59(94)95,113-47(27)29(80)19(77)7-65)114-50-40(91)55(103-25(13-71)44(50)106-52-28(64-16(2)74)46(32(83)24(12-70)100-52)108-53-35(86)33(84)30(81)22(10-68)101-53)109-48-37(88)41(20(78)8-66)104-56(38(48)89)110-49-39(90)57(105-42-18(76)5-60(96,58(92)93)112-43(42)21(79)9-67)107-45(26(14-72)115-116(97,98)99-4-3-62)51(49)111-54-36(87)34(85)31(82)23(11-69)102-54/h17-57,65-72,75-91,96H,3-14,62H2,1-2H3,(H,63,73)(H,64,74)(H,92,93)(H,94,95)(H,97,98)/t17-,18+,19+,20-,21+,22+,23+,24+,25+,26-,27+,28+,29+,30-,31+,32-,33-,34-,35+,36+,37+,38-,39-,40+,41+,42+,43+,44-,45+,46+,47+,48-,49+,50+,51+,52-,53-,54-,55-,56+,57-,60+,61-/m0/s1. The first-order valence-electron chi connectivity index (χ1n) is 35.9. The van der Waals surface area contributed by atoms with Crippen LogP contribution < -0.4 is 16.4 Å². The van der Waals surface area contributed by atoms with Gasteiger partial charge in [-0.15, -0.1) is 0 Å². The fourth-order valence-corrected chi connectivity index (χ4v) is 15.2. The highest BCUT2D eigenvalue weighted by Crippen LogP contribution is 2.48. The number of nitrogens with one attached hydrogen (secondary N) is 2. The predicted octanol–water partition coefficient (Wildman–Crippen LogP) is -20.3. The second kappa shape index (κ2) is 41.7. The molecule has 674 valence electrons. The van der Waals surface area contributed by atoms with Gasteiger partial charge in [0, 0.05) is 33.2 Å². The smallest absolute Gasteiger partial charge is 0.472 e. The van der Waals surface area contributed by atoms with Crippen molar-refractivity contribution in [2.24, 2.45) is 5.73 Å². The Kier molecular flexibility index (Phi) is 35.1. The van der Waals surface area contributed by atoms with Gasteiger partial charge in [-0.25, -0.2) is 14.2 Å². The summed E-state index contributed by atoms with van der Waals surface area (Å²) < 4.78 is 112. The maximum Gasteiger partial charge on any atom is 0.472 e. The number of amides is 2. The summed E-state index contributed by atoms with van der Waals surface area (Å²) in [5.74, 6) is -13.7. The zero-order valence-corrected chi connectivity index (χ0v) is 62.0. The summed E-state index contributed by atoms with van der Waals surface area (Å²) in [5, 5.41) is 316. The molecule has 0 radical (unpaired) electrons. The van der Waals surface area contributed by atoms with Crippen LogP contribution in [-0.4, -0.2) is 500 Å². The molecule has 0 bridgehead atoms. The van der Waals surface area contributed by atoms with Crippen molar-refractivity contribution in [1.29, 1.82) is 0 Å². The van der Waals surface area contributed by atoms with E-state index in [-0.39, 0.29) is 0 Å². The first-order valence-corrected chi connectivity index (χ1v) is 37.4. The first kappa shape index (κ1) is 97.8. The number of hydrogen-bond acceptors (Lipinski definition) is 49. The van der Waals surface area contributed by atoms with E-state index in [9.17, 15) is 172 Å². The fraction of sp³-hybridized carbons (Fsp3) is 0.934. The van der Waals surface area contributed by atoms with Crippen molar-refractivity contribution < 1.29 is 252 Å². The molecule has 8 aliphatic rings. The van der Waals surface area contributed by atoms with E-state index in [1.54, 1.807) is 0 Å². The Morgan fingerprint density at radius 3 is 1.41 bits per heavy atom. The van der Waals surface area contributed by atoms with Crippen molar-refractivity contribution in [2.75, 3.05) is 66.0 Å². The second-order valence-corrected chi connectivity index (χ2v) is 29.8. The molecule has 0 spiro atoms. The molecule has 0 aromatic rings. The summed E-state index contributed by atoms with van der Waals surface area (Å²) in [5.41, 5.74) is 5.47. The maximum atomic E-state index is 14.0. The highest BCUT2D eigenvalue weighted by molar-refractivity contribution is 7.47. The summed E-state index contributed by atoms with van der Waals surface area (Å²) in [4.78, 5) is 63.0. The lowest BCUT2D eigenvalue weighted by atomic mass is 9.88. The number of aliphatic carboxylic acids is 2. The molecule has 0 aliphatic carbocycles. The van der Waals surface area contributed by atoms with Gasteiger partial charge in [-0.1, -0.05) is 0 Å². The maximum absolute atomic E-state index is 14.0. The average molecular weight is 1730 g/mol. The Morgan fingerprint density at radius 2 is 0.897 bits per heavy atom. The molecule has 2 amide bonds. The van der Waals surface area contributed by atoms with Gasteiger partial charge in [0.25, 0.3) is 11.6 Å². The molecule has 8 heterocycles. The average Bonchev–Trinajstić information content (AvgIpc) is 0.748. The molecule has 8 saturated heterocycles. The lowest BCUT2D eigenvalue weighted by Gasteiger charge is -2.53. The lowest BCUT2D eigenvalue weighted by Crippen LogP contribution is -2.72. The summed E-state index contributed by atoms with van der Waals surface area (Å²) in [6.45, 7) is -10.4. The minimum Gasteiger partial charge on any atom is -0.477 e. The van der Waals surface area contributed by atoms with E-state index in [0.29, 0.717) is 0 Å². The first-order chi connectivity index (χ1) is 54.5. The van der Waals surface area contributed by atoms with E-state index >= 15 is 0 Å². The van der Waals surface area contributed by atoms with Crippen molar-refractivity contribution >= 4 is 31.6 Å². The molecule has 55 heteroatoms. The molecule has 44 atom stereocenters. The normalized spacial score (nSPS) is 45.7. The van der Waals surface area contributed by atoms with Crippen LogP contribution in [0.25, 0.3) is 0 Å². The Hall–Kier alpha value is -3.69. The number of phosphoric acid groups is 1. The van der Waals surface area contributed by atoms with Crippen LogP contribution in [0.15, 0.2) is 0 Å². The highest BCUT2D eigenvalue weighted by atomic mass is 31.2. The number of carboxylic acid groups (broad SMARTS) is 2. The number of carbonyl (C=O) groups excluding carboxylic acids is 2. The summed E-state index contributed by atoms with van der Waals surface area (Å²) in [7, 11) is -5.62. The van der Waals surface area contributed by atoms with E-state index in [2.05, 4.69) is 10.6 Å². The van der Waals surface area contributed by atoms with Gasteiger partial charge < -0.3 is 235 Å². The number of rotatable bonds is 36. The molecule has 0 aromatic heterocycles.